The Kier molecular flexibility index (Phi) is 7.57. The lowest BCUT2D eigenvalue weighted by atomic mass is 10.0. The predicted octanol–water partition coefficient (Wildman–Crippen LogP) is 5.17. The standard InChI is InChI=1S/C34H39N7O/c1-39-15-17-41(18-16-39)33(42)28-19-27(21-35-22-28)31-6-4-5-26-23-36-34(38-32(26)31)37-29-10-7-24-8-11-30(12-9-25(24)20-29)40-13-2-3-14-40/h4-7,10,19-23,30H,2-3,8-9,11-18H2,1H3,(H,36,37,38)/t30-/m0/s1. The van der Waals surface area contributed by atoms with Crippen LogP contribution in [0, 0.1) is 0 Å². The summed E-state index contributed by atoms with van der Waals surface area (Å²) in [7, 11) is 2.09. The number of nitrogens with one attached hydrogen (secondary N) is 1. The van der Waals surface area contributed by atoms with Gasteiger partial charge in [-0.2, -0.15) is 0 Å². The van der Waals surface area contributed by atoms with Gasteiger partial charge in [-0.3, -0.25) is 9.78 Å². The molecule has 1 aliphatic carbocycles. The minimum Gasteiger partial charge on any atom is -0.336 e. The molecule has 0 bridgehead atoms. The highest BCUT2D eigenvalue weighted by atomic mass is 16.2. The third-order valence-electron chi connectivity index (χ3n) is 9.31. The molecule has 2 saturated heterocycles. The number of aromatic nitrogens is 3. The SMILES string of the molecule is CN1CCN(C(=O)c2cncc(-c3cccc4cnc(Nc5ccc6c(c5)CC[C@@H](N5CCCC5)CC6)nc34)c2)CC1. The molecule has 2 aliphatic heterocycles. The number of nitrogens with zero attached hydrogens (tertiary/aromatic N) is 6. The van der Waals surface area contributed by atoms with E-state index < -0.39 is 0 Å². The molecule has 0 saturated carbocycles. The van der Waals surface area contributed by atoms with Crippen molar-refractivity contribution < 1.29 is 4.79 Å². The molecule has 42 heavy (non-hydrogen) atoms. The summed E-state index contributed by atoms with van der Waals surface area (Å²) in [5, 5.41) is 4.42. The first kappa shape index (κ1) is 27.0. The maximum absolute atomic E-state index is 13.2. The Morgan fingerprint density at radius 1 is 0.881 bits per heavy atom. The van der Waals surface area contributed by atoms with E-state index in [0.717, 1.165) is 66.7 Å². The molecule has 216 valence electrons. The highest BCUT2D eigenvalue weighted by Crippen LogP contribution is 2.31. The topological polar surface area (TPSA) is 77.5 Å². The summed E-state index contributed by atoms with van der Waals surface area (Å²) in [6.45, 7) is 5.77. The molecule has 1 N–H and O–H groups in total. The number of carbonyl (C=O) groups excluding carboxylic acids is 1. The van der Waals surface area contributed by atoms with E-state index in [1.165, 1.54) is 49.9 Å². The minimum absolute atomic E-state index is 0.0321. The lowest BCUT2D eigenvalue weighted by Gasteiger charge is -2.32. The lowest BCUT2D eigenvalue weighted by Crippen LogP contribution is -2.47. The van der Waals surface area contributed by atoms with Gasteiger partial charge in [-0.05, 0) is 88.0 Å². The number of likely N-dealkylation sites (tertiary alicyclic amines) is 1. The van der Waals surface area contributed by atoms with Crippen molar-refractivity contribution in [3.63, 3.8) is 0 Å². The second-order valence-corrected chi connectivity index (χ2v) is 12.1. The van der Waals surface area contributed by atoms with Gasteiger partial charge in [0.2, 0.25) is 5.95 Å². The Bertz CT molecular complexity index is 1590. The van der Waals surface area contributed by atoms with Gasteiger partial charge in [0.15, 0.2) is 0 Å². The molecule has 0 radical (unpaired) electrons. The molecule has 4 aromatic rings. The zero-order valence-electron chi connectivity index (χ0n) is 24.4. The summed E-state index contributed by atoms with van der Waals surface area (Å²) in [6.07, 6.45) is 12.8. The number of amides is 1. The van der Waals surface area contributed by atoms with E-state index in [-0.39, 0.29) is 5.91 Å². The van der Waals surface area contributed by atoms with E-state index >= 15 is 0 Å². The number of aryl methyl sites for hydroxylation is 2. The Hall–Kier alpha value is -3.88. The van der Waals surface area contributed by atoms with Crippen molar-refractivity contribution in [2.45, 2.75) is 44.6 Å². The third-order valence-corrected chi connectivity index (χ3v) is 9.31. The van der Waals surface area contributed by atoms with Crippen molar-refractivity contribution in [2.24, 2.45) is 0 Å². The molecule has 1 amide bonds. The van der Waals surface area contributed by atoms with Crippen LogP contribution in [-0.4, -0.2) is 87.9 Å². The maximum Gasteiger partial charge on any atom is 0.255 e. The summed E-state index contributed by atoms with van der Waals surface area (Å²) < 4.78 is 0. The number of rotatable bonds is 5. The number of pyridine rings is 1. The van der Waals surface area contributed by atoms with Crippen LogP contribution in [0.25, 0.3) is 22.0 Å². The summed E-state index contributed by atoms with van der Waals surface area (Å²) in [6, 6.07) is 15.5. The third kappa shape index (κ3) is 5.61. The molecule has 0 spiro atoms. The number of likely N-dealkylation sites (N-methyl/N-ethyl adjacent to an activating group) is 1. The van der Waals surface area contributed by atoms with Gasteiger partial charge < -0.3 is 20.0 Å². The number of benzene rings is 2. The Morgan fingerprint density at radius 3 is 2.52 bits per heavy atom. The fourth-order valence-electron chi connectivity index (χ4n) is 6.82. The van der Waals surface area contributed by atoms with Crippen molar-refractivity contribution in [2.75, 3.05) is 51.6 Å². The van der Waals surface area contributed by atoms with Crippen molar-refractivity contribution in [1.82, 2.24) is 29.7 Å². The highest BCUT2D eigenvalue weighted by molar-refractivity contribution is 5.98. The van der Waals surface area contributed by atoms with Crippen LogP contribution in [0.1, 0.15) is 47.2 Å². The molecular weight excluding hydrogens is 522 g/mol. The average Bonchev–Trinajstić information content (AvgIpc) is 3.48. The molecule has 2 fully saturated rings. The highest BCUT2D eigenvalue weighted by Gasteiger charge is 2.25. The van der Waals surface area contributed by atoms with E-state index in [9.17, 15) is 4.79 Å². The van der Waals surface area contributed by atoms with Crippen LogP contribution in [0.5, 0.6) is 0 Å². The van der Waals surface area contributed by atoms with Gasteiger partial charge >= 0.3 is 0 Å². The molecule has 1 atom stereocenters. The van der Waals surface area contributed by atoms with E-state index in [0.29, 0.717) is 17.6 Å². The first-order valence-corrected chi connectivity index (χ1v) is 15.4. The number of hydrogen-bond acceptors (Lipinski definition) is 7. The number of fused-ring (bicyclic) bond motifs is 2. The monoisotopic (exact) mass is 561 g/mol. The zero-order valence-corrected chi connectivity index (χ0v) is 24.4. The van der Waals surface area contributed by atoms with Crippen molar-refractivity contribution in [3.8, 4) is 11.1 Å². The molecule has 4 heterocycles. The van der Waals surface area contributed by atoms with E-state index in [4.69, 9.17) is 4.98 Å². The molecule has 2 aromatic carbocycles. The fourth-order valence-corrected chi connectivity index (χ4v) is 6.82. The van der Waals surface area contributed by atoms with Crippen LogP contribution < -0.4 is 5.32 Å². The largest absolute Gasteiger partial charge is 0.336 e. The molecule has 8 nitrogen and oxygen atoms in total. The zero-order chi connectivity index (χ0) is 28.5. The number of carbonyl (C=O) groups is 1. The van der Waals surface area contributed by atoms with Gasteiger partial charge in [0.05, 0.1) is 11.1 Å². The molecule has 7 rings (SSSR count). The van der Waals surface area contributed by atoms with Gasteiger partial charge in [0.25, 0.3) is 5.91 Å². The van der Waals surface area contributed by atoms with Crippen molar-refractivity contribution in [1.29, 1.82) is 0 Å². The number of piperazine rings is 1. The van der Waals surface area contributed by atoms with Crippen LogP contribution >= 0.6 is 0 Å². The van der Waals surface area contributed by atoms with Crippen molar-refractivity contribution >= 4 is 28.4 Å². The molecule has 2 aromatic heterocycles. The fraction of sp³-hybridized carbons (Fsp3) is 0.412. The number of hydrogen-bond donors (Lipinski definition) is 1. The van der Waals surface area contributed by atoms with Crippen LogP contribution in [0.3, 0.4) is 0 Å². The van der Waals surface area contributed by atoms with Crippen LogP contribution in [0.4, 0.5) is 11.6 Å². The summed E-state index contributed by atoms with van der Waals surface area (Å²) in [5.74, 6) is 0.598. The normalized spacial score (nSPS) is 19.9. The first-order valence-electron chi connectivity index (χ1n) is 15.4. The molecule has 0 unspecified atom stereocenters. The quantitative estimate of drug-likeness (QED) is 0.337. The summed E-state index contributed by atoms with van der Waals surface area (Å²) in [5.41, 5.74) is 7.20. The van der Waals surface area contributed by atoms with E-state index in [1.54, 1.807) is 6.20 Å². The Balaban J connectivity index is 1.12. The summed E-state index contributed by atoms with van der Waals surface area (Å²) >= 11 is 0. The number of para-hydroxylation sites is 1. The minimum atomic E-state index is 0.0321. The molecular formula is C34H39N7O. The average molecular weight is 562 g/mol. The molecule has 3 aliphatic rings. The second-order valence-electron chi connectivity index (χ2n) is 12.1. The van der Waals surface area contributed by atoms with E-state index in [2.05, 4.69) is 50.3 Å². The molecule has 8 heteroatoms. The van der Waals surface area contributed by atoms with E-state index in [1.807, 2.05) is 41.6 Å². The Morgan fingerprint density at radius 2 is 1.69 bits per heavy atom. The van der Waals surface area contributed by atoms with Gasteiger partial charge in [0.1, 0.15) is 0 Å². The van der Waals surface area contributed by atoms with Crippen LogP contribution in [-0.2, 0) is 12.8 Å². The van der Waals surface area contributed by atoms with Gasteiger partial charge in [-0.1, -0.05) is 24.3 Å². The first-order chi connectivity index (χ1) is 20.6. The summed E-state index contributed by atoms with van der Waals surface area (Å²) in [4.78, 5) is 34.2. The Labute approximate surface area is 247 Å². The van der Waals surface area contributed by atoms with Crippen LogP contribution in [0.2, 0.25) is 0 Å². The second kappa shape index (κ2) is 11.8. The van der Waals surface area contributed by atoms with Gasteiger partial charge in [0, 0.05) is 73.0 Å². The predicted molar refractivity (Wildman–Crippen MR) is 167 cm³/mol. The van der Waals surface area contributed by atoms with Gasteiger partial charge in [-0.15, -0.1) is 0 Å². The smallest absolute Gasteiger partial charge is 0.255 e. The number of anilines is 2. The van der Waals surface area contributed by atoms with Gasteiger partial charge in [-0.25, -0.2) is 9.97 Å². The van der Waals surface area contributed by atoms with Crippen LogP contribution in [0.15, 0.2) is 61.1 Å². The van der Waals surface area contributed by atoms with Crippen molar-refractivity contribution in [3.05, 3.63) is 77.7 Å². The maximum atomic E-state index is 13.2. The lowest BCUT2D eigenvalue weighted by molar-refractivity contribution is 0.0663.